The van der Waals surface area contributed by atoms with Gasteiger partial charge in [0.15, 0.2) is 0 Å². The average Bonchev–Trinajstić information content (AvgIpc) is 2.55. The Hall–Kier alpha value is -2.86. The van der Waals surface area contributed by atoms with Crippen LogP contribution < -0.4 is 4.90 Å². The maximum atomic E-state index is 8.85. The highest BCUT2D eigenvalue weighted by molar-refractivity contribution is 5.81. The molecule has 0 spiro atoms. The van der Waals surface area contributed by atoms with Gasteiger partial charge in [0.1, 0.15) is 0 Å². The summed E-state index contributed by atoms with van der Waals surface area (Å²) < 4.78 is 0. The third-order valence-electron chi connectivity index (χ3n) is 3.56. The van der Waals surface area contributed by atoms with Crippen LogP contribution in [0.5, 0.6) is 0 Å². The molecule has 102 valence electrons. The fraction of sp³-hybridized carbons (Fsp3) is 0.111. The van der Waals surface area contributed by atoms with E-state index in [-0.39, 0.29) is 0 Å². The second kappa shape index (κ2) is 5.64. The number of anilines is 1. The highest BCUT2D eigenvalue weighted by Gasteiger charge is 2.06. The first-order chi connectivity index (χ1) is 10.3. The van der Waals surface area contributed by atoms with E-state index in [0.29, 0.717) is 5.56 Å². The molecule has 3 rings (SSSR count). The lowest BCUT2D eigenvalue weighted by Gasteiger charge is -2.20. The number of nitriles is 1. The lowest BCUT2D eigenvalue weighted by Crippen LogP contribution is -2.16. The van der Waals surface area contributed by atoms with Crippen LogP contribution in [0.1, 0.15) is 11.1 Å². The molecule has 0 saturated carbocycles. The summed E-state index contributed by atoms with van der Waals surface area (Å²) in [4.78, 5) is 6.64. The number of fused-ring (bicyclic) bond motifs is 1. The van der Waals surface area contributed by atoms with Crippen molar-refractivity contribution in [1.29, 1.82) is 5.26 Å². The van der Waals surface area contributed by atoms with E-state index in [0.717, 1.165) is 23.1 Å². The molecule has 0 N–H and O–H groups in total. The van der Waals surface area contributed by atoms with Gasteiger partial charge < -0.3 is 4.90 Å². The van der Waals surface area contributed by atoms with Crippen molar-refractivity contribution in [2.75, 3.05) is 11.9 Å². The summed E-state index contributed by atoms with van der Waals surface area (Å²) in [6.45, 7) is 0.778. The van der Waals surface area contributed by atoms with Crippen molar-refractivity contribution >= 4 is 16.6 Å². The molecule has 0 aliphatic heterocycles. The first kappa shape index (κ1) is 13.1. The summed E-state index contributed by atoms with van der Waals surface area (Å²) in [6, 6.07) is 20.0. The quantitative estimate of drug-likeness (QED) is 0.729. The van der Waals surface area contributed by atoms with E-state index in [1.165, 1.54) is 5.56 Å². The molecular weight excluding hydrogens is 258 g/mol. The van der Waals surface area contributed by atoms with Crippen molar-refractivity contribution in [1.82, 2.24) is 4.98 Å². The molecule has 3 aromatic rings. The zero-order chi connectivity index (χ0) is 14.7. The van der Waals surface area contributed by atoms with Crippen LogP contribution in [0.3, 0.4) is 0 Å². The zero-order valence-corrected chi connectivity index (χ0v) is 11.8. The van der Waals surface area contributed by atoms with E-state index < -0.39 is 0 Å². The van der Waals surface area contributed by atoms with Crippen molar-refractivity contribution in [3.05, 3.63) is 71.9 Å². The first-order valence-corrected chi connectivity index (χ1v) is 6.82. The molecule has 0 unspecified atom stereocenters. The molecule has 2 aromatic carbocycles. The van der Waals surface area contributed by atoms with Gasteiger partial charge in [0, 0.05) is 30.9 Å². The summed E-state index contributed by atoms with van der Waals surface area (Å²) in [6.07, 6.45) is 1.83. The van der Waals surface area contributed by atoms with Gasteiger partial charge in [-0.3, -0.25) is 4.98 Å². The number of benzene rings is 2. The van der Waals surface area contributed by atoms with Crippen molar-refractivity contribution in [3.63, 3.8) is 0 Å². The first-order valence-electron chi connectivity index (χ1n) is 6.82. The second-order valence-electron chi connectivity index (χ2n) is 5.01. The van der Waals surface area contributed by atoms with Crippen molar-refractivity contribution < 1.29 is 0 Å². The number of nitrogens with zero attached hydrogens (tertiary/aromatic N) is 3. The molecule has 0 amide bonds. The van der Waals surface area contributed by atoms with E-state index >= 15 is 0 Å². The Kier molecular flexibility index (Phi) is 3.53. The minimum atomic E-state index is 0.680. The van der Waals surface area contributed by atoms with Crippen molar-refractivity contribution in [2.45, 2.75) is 6.54 Å². The monoisotopic (exact) mass is 273 g/mol. The van der Waals surface area contributed by atoms with Gasteiger partial charge in [-0.15, -0.1) is 0 Å². The summed E-state index contributed by atoms with van der Waals surface area (Å²) in [5, 5.41) is 10.0. The minimum Gasteiger partial charge on any atom is -0.370 e. The topological polar surface area (TPSA) is 39.9 Å². The largest absolute Gasteiger partial charge is 0.370 e. The average molecular weight is 273 g/mol. The Bertz CT molecular complexity index is 795. The molecule has 0 bridgehead atoms. The highest BCUT2D eigenvalue weighted by Crippen LogP contribution is 2.20. The molecule has 21 heavy (non-hydrogen) atoms. The Morgan fingerprint density at radius 3 is 2.57 bits per heavy atom. The second-order valence-corrected chi connectivity index (χ2v) is 5.01. The molecule has 0 aliphatic rings. The van der Waals surface area contributed by atoms with Crippen LogP contribution in [0.15, 0.2) is 60.8 Å². The highest BCUT2D eigenvalue weighted by atomic mass is 15.1. The fourth-order valence-electron chi connectivity index (χ4n) is 2.43. The smallest absolute Gasteiger partial charge is 0.0991 e. The number of hydrogen-bond acceptors (Lipinski definition) is 3. The van der Waals surface area contributed by atoms with Crippen LogP contribution in [0, 0.1) is 11.3 Å². The fourth-order valence-corrected chi connectivity index (χ4v) is 2.43. The van der Waals surface area contributed by atoms with Crippen molar-refractivity contribution in [3.8, 4) is 6.07 Å². The van der Waals surface area contributed by atoms with Gasteiger partial charge in [-0.05, 0) is 35.9 Å². The zero-order valence-electron chi connectivity index (χ0n) is 11.8. The SMILES string of the molecule is CN(Cc1cccc2cccnc12)c1ccc(C#N)cc1. The van der Waals surface area contributed by atoms with Crippen molar-refractivity contribution in [2.24, 2.45) is 0 Å². The lowest BCUT2D eigenvalue weighted by molar-refractivity contribution is 0.927. The van der Waals surface area contributed by atoms with E-state index in [1.54, 1.807) is 0 Å². The van der Waals surface area contributed by atoms with Crippen LogP contribution in [-0.2, 0) is 6.54 Å². The standard InChI is InChI=1S/C18H15N3/c1-21(17-9-7-14(12-19)8-10-17)13-16-5-2-4-15-6-3-11-20-18(15)16/h2-11H,13H2,1H3. The molecular formula is C18H15N3. The normalized spacial score (nSPS) is 10.3. The third kappa shape index (κ3) is 2.70. The summed E-state index contributed by atoms with van der Waals surface area (Å²) >= 11 is 0. The summed E-state index contributed by atoms with van der Waals surface area (Å²) in [5.74, 6) is 0. The number of hydrogen-bond donors (Lipinski definition) is 0. The van der Waals surface area contributed by atoms with Crippen LogP contribution in [0.4, 0.5) is 5.69 Å². The van der Waals surface area contributed by atoms with Crippen LogP contribution >= 0.6 is 0 Å². The van der Waals surface area contributed by atoms with Crippen LogP contribution in [0.25, 0.3) is 10.9 Å². The van der Waals surface area contributed by atoms with Gasteiger partial charge in [-0.2, -0.15) is 5.26 Å². The molecule has 3 nitrogen and oxygen atoms in total. The predicted octanol–water partition coefficient (Wildman–Crippen LogP) is 3.74. The molecule has 0 saturated heterocycles. The lowest BCUT2D eigenvalue weighted by atomic mass is 10.1. The summed E-state index contributed by atoms with van der Waals surface area (Å²) in [5.41, 5.74) is 4.00. The van der Waals surface area contributed by atoms with E-state index in [1.807, 2.05) is 43.6 Å². The van der Waals surface area contributed by atoms with E-state index in [4.69, 9.17) is 5.26 Å². The minimum absolute atomic E-state index is 0.680. The Balaban J connectivity index is 1.89. The molecule has 0 fully saturated rings. The molecule has 0 radical (unpaired) electrons. The number of para-hydroxylation sites is 1. The Morgan fingerprint density at radius 2 is 1.81 bits per heavy atom. The van der Waals surface area contributed by atoms with Gasteiger partial charge in [0.05, 0.1) is 17.1 Å². The summed E-state index contributed by atoms with van der Waals surface area (Å²) in [7, 11) is 2.04. The molecule has 0 aliphatic carbocycles. The molecule has 1 aromatic heterocycles. The van der Waals surface area contributed by atoms with Gasteiger partial charge in [0.2, 0.25) is 0 Å². The Labute approximate surface area is 124 Å². The number of aromatic nitrogens is 1. The van der Waals surface area contributed by atoms with Crippen LogP contribution in [-0.4, -0.2) is 12.0 Å². The van der Waals surface area contributed by atoms with Gasteiger partial charge in [0.25, 0.3) is 0 Å². The molecule has 0 atom stereocenters. The predicted molar refractivity (Wildman–Crippen MR) is 85.0 cm³/mol. The van der Waals surface area contributed by atoms with Gasteiger partial charge >= 0.3 is 0 Å². The molecule has 3 heteroatoms. The maximum absolute atomic E-state index is 8.85. The number of rotatable bonds is 3. The van der Waals surface area contributed by atoms with Gasteiger partial charge in [-0.25, -0.2) is 0 Å². The van der Waals surface area contributed by atoms with E-state index in [9.17, 15) is 0 Å². The molecule has 1 heterocycles. The number of pyridine rings is 1. The van der Waals surface area contributed by atoms with Gasteiger partial charge in [-0.1, -0.05) is 24.3 Å². The maximum Gasteiger partial charge on any atom is 0.0991 e. The van der Waals surface area contributed by atoms with Crippen LogP contribution in [0.2, 0.25) is 0 Å². The van der Waals surface area contributed by atoms with E-state index in [2.05, 4.69) is 40.2 Å². The third-order valence-corrected chi connectivity index (χ3v) is 3.56. The Morgan fingerprint density at radius 1 is 1.05 bits per heavy atom.